The Kier molecular flexibility index (Phi) is 1.84. The van der Waals surface area contributed by atoms with Crippen LogP contribution < -0.4 is 5.32 Å². The van der Waals surface area contributed by atoms with Crippen LogP contribution >= 0.6 is 0 Å². The van der Waals surface area contributed by atoms with Crippen molar-refractivity contribution in [2.24, 2.45) is 0 Å². The molecule has 0 N–H and O–H groups in total. The van der Waals surface area contributed by atoms with E-state index < -0.39 is 0 Å². The first-order valence-corrected chi connectivity index (χ1v) is 6.37. The standard InChI is InChI=1S/C16H14N/c1-2-10-15-13(7-1)14-9-4-8-12(16(14)17-15)11-5-3-6-11/h1-2,4,7-11H,3,5-6H2. The van der Waals surface area contributed by atoms with Gasteiger partial charge in [-0.1, -0.05) is 42.8 Å². The maximum absolute atomic E-state index is 4.82. The van der Waals surface area contributed by atoms with Crippen LogP contribution in [-0.2, 0) is 0 Å². The molecule has 1 fully saturated rings. The smallest absolute Gasteiger partial charge is 0.0751 e. The summed E-state index contributed by atoms with van der Waals surface area (Å²) in [5.41, 5.74) is 6.45. The largest absolute Gasteiger partial charge is 0.247 e. The van der Waals surface area contributed by atoms with Gasteiger partial charge in [-0.2, -0.15) is 0 Å². The number of para-hydroxylation sites is 2. The van der Waals surface area contributed by atoms with Crippen molar-refractivity contribution in [1.29, 1.82) is 0 Å². The summed E-state index contributed by atoms with van der Waals surface area (Å²) < 4.78 is 0. The fourth-order valence-electron chi connectivity index (χ4n) is 2.87. The Hall–Kier alpha value is -1.76. The molecule has 1 aliphatic carbocycles. The van der Waals surface area contributed by atoms with Crippen LogP contribution in [0.2, 0.25) is 0 Å². The number of nitrogens with zero attached hydrogens (tertiary/aromatic N) is 1. The van der Waals surface area contributed by atoms with Gasteiger partial charge in [0.25, 0.3) is 0 Å². The monoisotopic (exact) mass is 220 g/mol. The van der Waals surface area contributed by atoms with E-state index in [1.807, 2.05) is 0 Å². The highest BCUT2D eigenvalue weighted by molar-refractivity contribution is 5.92. The molecule has 4 rings (SSSR count). The Morgan fingerprint density at radius 2 is 1.71 bits per heavy atom. The van der Waals surface area contributed by atoms with E-state index in [-0.39, 0.29) is 0 Å². The van der Waals surface area contributed by atoms with Gasteiger partial charge in [0.15, 0.2) is 0 Å². The maximum Gasteiger partial charge on any atom is 0.0751 e. The predicted molar refractivity (Wildman–Crippen MR) is 69.9 cm³/mol. The molecule has 0 amide bonds. The summed E-state index contributed by atoms with van der Waals surface area (Å²) in [6.45, 7) is 0. The van der Waals surface area contributed by atoms with Gasteiger partial charge in [0.05, 0.1) is 11.4 Å². The molecule has 0 spiro atoms. The number of hydrogen-bond acceptors (Lipinski definition) is 0. The average Bonchev–Trinajstić information content (AvgIpc) is 2.67. The van der Waals surface area contributed by atoms with Crippen LogP contribution in [0.15, 0.2) is 42.5 Å². The van der Waals surface area contributed by atoms with Gasteiger partial charge in [-0.3, -0.25) is 0 Å². The van der Waals surface area contributed by atoms with Gasteiger partial charge in [-0.15, -0.1) is 0 Å². The van der Waals surface area contributed by atoms with Gasteiger partial charge in [-0.05, 0) is 30.4 Å². The van der Waals surface area contributed by atoms with Gasteiger partial charge in [-0.25, -0.2) is 5.32 Å². The van der Waals surface area contributed by atoms with Crippen LogP contribution in [0.25, 0.3) is 11.1 Å². The van der Waals surface area contributed by atoms with Gasteiger partial charge >= 0.3 is 0 Å². The lowest BCUT2D eigenvalue weighted by atomic mass is 9.79. The van der Waals surface area contributed by atoms with E-state index in [2.05, 4.69) is 42.5 Å². The molecule has 17 heavy (non-hydrogen) atoms. The zero-order chi connectivity index (χ0) is 11.2. The Bertz CT molecular complexity index is 582. The van der Waals surface area contributed by atoms with Crippen molar-refractivity contribution in [1.82, 2.24) is 5.32 Å². The maximum atomic E-state index is 4.82. The van der Waals surface area contributed by atoms with Crippen LogP contribution in [-0.4, -0.2) is 0 Å². The summed E-state index contributed by atoms with van der Waals surface area (Å²) in [5, 5.41) is 4.82. The summed E-state index contributed by atoms with van der Waals surface area (Å²) in [6, 6.07) is 15.1. The van der Waals surface area contributed by atoms with Crippen molar-refractivity contribution in [2.75, 3.05) is 0 Å². The molecule has 0 saturated heterocycles. The fraction of sp³-hybridized carbons (Fsp3) is 0.250. The minimum absolute atomic E-state index is 0.753. The second-order valence-corrected chi connectivity index (χ2v) is 5.00. The van der Waals surface area contributed by atoms with Gasteiger partial charge in [0.1, 0.15) is 0 Å². The summed E-state index contributed by atoms with van der Waals surface area (Å²) in [5.74, 6) is 0.753. The van der Waals surface area contributed by atoms with Crippen molar-refractivity contribution in [2.45, 2.75) is 25.2 Å². The molecule has 1 heterocycles. The quantitative estimate of drug-likeness (QED) is 0.573. The Morgan fingerprint density at radius 1 is 0.882 bits per heavy atom. The van der Waals surface area contributed by atoms with E-state index in [1.165, 1.54) is 41.6 Å². The lowest BCUT2D eigenvalue weighted by Crippen LogP contribution is -2.10. The zero-order valence-corrected chi connectivity index (χ0v) is 9.69. The van der Waals surface area contributed by atoms with Gasteiger partial charge in [0.2, 0.25) is 0 Å². The average molecular weight is 220 g/mol. The Labute approximate surface area is 101 Å². The molecule has 0 aromatic heterocycles. The van der Waals surface area contributed by atoms with Gasteiger partial charge < -0.3 is 0 Å². The Balaban J connectivity index is 1.89. The van der Waals surface area contributed by atoms with Gasteiger partial charge in [0, 0.05) is 11.1 Å². The van der Waals surface area contributed by atoms with Crippen molar-refractivity contribution < 1.29 is 0 Å². The number of fused-ring (bicyclic) bond motifs is 3. The second kappa shape index (κ2) is 3.36. The fourth-order valence-corrected chi connectivity index (χ4v) is 2.87. The summed E-state index contributed by atoms with van der Waals surface area (Å²) in [7, 11) is 0. The van der Waals surface area contributed by atoms with E-state index in [0.717, 1.165) is 11.6 Å². The SMILES string of the molecule is c1ccc2c(c1)[N]c1c-2cccc1C1CCC1. The summed E-state index contributed by atoms with van der Waals surface area (Å²) in [6.07, 6.45) is 4.05. The van der Waals surface area contributed by atoms with Crippen LogP contribution in [0, 0.1) is 0 Å². The summed E-state index contributed by atoms with van der Waals surface area (Å²) >= 11 is 0. The summed E-state index contributed by atoms with van der Waals surface area (Å²) in [4.78, 5) is 0. The van der Waals surface area contributed by atoms with Crippen LogP contribution in [0.5, 0.6) is 0 Å². The molecule has 1 saturated carbocycles. The lowest BCUT2D eigenvalue weighted by molar-refractivity contribution is 0.420. The number of hydrogen-bond donors (Lipinski definition) is 0. The molecule has 1 radical (unpaired) electrons. The lowest BCUT2D eigenvalue weighted by Gasteiger charge is -2.27. The molecule has 0 atom stereocenters. The minimum atomic E-state index is 0.753. The third-order valence-corrected chi connectivity index (χ3v) is 4.04. The molecule has 1 heteroatoms. The molecule has 2 aromatic rings. The first-order chi connectivity index (χ1) is 8.43. The van der Waals surface area contributed by atoms with Crippen molar-refractivity contribution in [3.8, 4) is 11.1 Å². The van der Waals surface area contributed by atoms with Crippen molar-refractivity contribution >= 4 is 11.4 Å². The Morgan fingerprint density at radius 3 is 2.53 bits per heavy atom. The normalized spacial score (nSPS) is 16.9. The molecular formula is C16H14N. The minimum Gasteiger partial charge on any atom is -0.247 e. The highest BCUT2D eigenvalue weighted by atomic mass is 14.9. The highest BCUT2D eigenvalue weighted by Crippen LogP contribution is 2.49. The van der Waals surface area contributed by atoms with Crippen LogP contribution in [0.1, 0.15) is 30.7 Å². The van der Waals surface area contributed by atoms with Crippen molar-refractivity contribution in [3.63, 3.8) is 0 Å². The molecule has 1 nitrogen and oxygen atoms in total. The molecule has 0 bridgehead atoms. The van der Waals surface area contributed by atoms with E-state index in [0.29, 0.717) is 0 Å². The zero-order valence-electron chi connectivity index (χ0n) is 9.69. The molecule has 83 valence electrons. The molecule has 2 aromatic carbocycles. The molecule has 1 aliphatic heterocycles. The predicted octanol–water partition coefficient (Wildman–Crippen LogP) is 4.50. The van der Waals surface area contributed by atoms with Crippen molar-refractivity contribution in [3.05, 3.63) is 48.0 Å². The van der Waals surface area contributed by atoms with E-state index in [9.17, 15) is 0 Å². The number of rotatable bonds is 1. The second-order valence-electron chi connectivity index (χ2n) is 5.00. The number of benzene rings is 2. The third-order valence-electron chi connectivity index (χ3n) is 4.04. The van der Waals surface area contributed by atoms with Crippen LogP contribution in [0.4, 0.5) is 11.4 Å². The van der Waals surface area contributed by atoms with Crippen LogP contribution in [0.3, 0.4) is 0 Å². The topological polar surface area (TPSA) is 14.1 Å². The first kappa shape index (κ1) is 9.29. The third kappa shape index (κ3) is 1.25. The molecule has 2 aliphatic rings. The van der Waals surface area contributed by atoms with E-state index in [1.54, 1.807) is 0 Å². The first-order valence-electron chi connectivity index (χ1n) is 6.37. The van der Waals surface area contributed by atoms with E-state index >= 15 is 0 Å². The molecule has 0 unspecified atom stereocenters. The highest BCUT2D eigenvalue weighted by Gasteiger charge is 2.28. The molecular weight excluding hydrogens is 206 g/mol. The van der Waals surface area contributed by atoms with E-state index in [4.69, 9.17) is 5.32 Å².